The van der Waals surface area contributed by atoms with Gasteiger partial charge in [0.15, 0.2) is 0 Å². The number of halogens is 2. The maximum atomic E-state index is 13.3. The Labute approximate surface area is 125 Å². The van der Waals surface area contributed by atoms with E-state index in [9.17, 15) is 4.39 Å². The molecule has 1 aliphatic rings. The third-order valence-corrected chi connectivity index (χ3v) is 4.18. The van der Waals surface area contributed by atoms with Gasteiger partial charge in [-0.2, -0.15) is 0 Å². The molecule has 0 saturated heterocycles. The van der Waals surface area contributed by atoms with Gasteiger partial charge in [0.25, 0.3) is 0 Å². The van der Waals surface area contributed by atoms with Crippen LogP contribution in [0.2, 0.25) is 0 Å². The molecule has 2 N–H and O–H groups in total. The van der Waals surface area contributed by atoms with Gasteiger partial charge in [-0.15, -0.1) is 0 Å². The molecule has 1 atom stereocenters. The van der Waals surface area contributed by atoms with Crippen molar-refractivity contribution in [1.29, 1.82) is 0 Å². The summed E-state index contributed by atoms with van der Waals surface area (Å²) >= 11 is 3.21. The van der Waals surface area contributed by atoms with Crippen LogP contribution < -0.4 is 10.5 Å². The van der Waals surface area contributed by atoms with Crippen molar-refractivity contribution < 1.29 is 9.13 Å². The third kappa shape index (κ3) is 2.72. The number of nitrogens with two attached hydrogens (primary N) is 1. The fraction of sp³-hybridized carbons (Fsp3) is 0.250. The zero-order valence-electron chi connectivity index (χ0n) is 10.9. The van der Waals surface area contributed by atoms with Crippen LogP contribution in [-0.2, 0) is 12.8 Å². The summed E-state index contributed by atoms with van der Waals surface area (Å²) in [7, 11) is 0. The van der Waals surface area contributed by atoms with E-state index in [0.29, 0.717) is 17.5 Å². The highest BCUT2D eigenvalue weighted by atomic mass is 79.9. The molecule has 20 heavy (non-hydrogen) atoms. The van der Waals surface area contributed by atoms with Gasteiger partial charge in [-0.1, -0.05) is 24.3 Å². The van der Waals surface area contributed by atoms with Crippen molar-refractivity contribution in [2.75, 3.05) is 6.61 Å². The zero-order chi connectivity index (χ0) is 14.2. The Morgan fingerprint density at radius 3 is 2.85 bits per heavy atom. The smallest absolute Gasteiger partial charge is 0.137 e. The molecule has 1 heterocycles. The van der Waals surface area contributed by atoms with E-state index >= 15 is 0 Å². The first kappa shape index (κ1) is 13.6. The highest BCUT2D eigenvalue weighted by Crippen LogP contribution is 2.30. The van der Waals surface area contributed by atoms with Gasteiger partial charge >= 0.3 is 0 Å². The summed E-state index contributed by atoms with van der Waals surface area (Å²) in [6.45, 7) is 0.471. The van der Waals surface area contributed by atoms with Crippen molar-refractivity contribution in [2.45, 2.75) is 18.4 Å². The van der Waals surface area contributed by atoms with E-state index < -0.39 is 5.54 Å². The van der Waals surface area contributed by atoms with Crippen LogP contribution in [0, 0.1) is 5.82 Å². The van der Waals surface area contributed by atoms with E-state index in [2.05, 4.69) is 15.9 Å². The molecule has 2 aromatic rings. The molecular formula is C16H15BrFNO. The number of fused-ring (bicyclic) bond motifs is 1. The van der Waals surface area contributed by atoms with Gasteiger partial charge in [0.1, 0.15) is 18.2 Å². The average molecular weight is 336 g/mol. The molecule has 0 amide bonds. The summed E-state index contributed by atoms with van der Waals surface area (Å²) in [5.41, 5.74) is 8.14. The Kier molecular flexibility index (Phi) is 3.52. The lowest BCUT2D eigenvalue weighted by molar-refractivity contribution is 0.190. The van der Waals surface area contributed by atoms with Crippen LogP contribution in [0.4, 0.5) is 4.39 Å². The largest absolute Gasteiger partial charge is 0.491 e. The molecule has 1 unspecified atom stereocenters. The number of rotatable bonds is 2. The van der Waals surface area contributed by atoms with Gasteiger partial charge in [0.05, 0.1) is 10.0 Å². The quantitative estimate of drug-likeness (QED) is 0.912. The predicted octanol–water partition coefficient (Wildman–Crippen LogP) is 3.46. The van der Waals surface area contributed by atoms with E-state index in [1.165, 1.54) is 6.07 Å². The van der Waals surface area contributed by atoms with E-state index in [1.807, 2.05) is 24.3 Å². The second-order valence-corrected chi connectivity index (χ2v) is 6.22. The summed E-state index contributed by atoms with van der Waals surface area (Å²) in [6, 6.07) is 13.0. The summed E-state index contributed by atoms with van der Waals surface area (Å²) in [5, 5.41) is 0. The molecule has 3 rings (SSSR count). The maximum Gasteiger partial charge on any atom is 0.137 e. The number of para-hydroxylation sites is 1. The van der Waals surface area contributed by atoms with Crippen molar-refractivity contribution in [2.24, 2.45) is 5.73 Å². The zero-order valence-corrected chi connectivity index (χ0v) is 12.5. The second kappa shape index (κ2) is 5.19. The van der Waals surface area contributed by atoms with Crippen molar-refractivity contribution in [3.63, 3.8) is 0 Å². The molecule has 0 saturated carbocycles. The van der Waals surface area contributed by atoms with Crippen LogP contribution in [0.25, 0.3) is 0 Å². The Balaban J connectivity index is 1.82. The molecule has 0 spiro atoms. The second-order valence-electron chi connectivity index (χ2n) is 5.36. The van der Waals surface area contributed by atoms with Crippen molar-refractivity contribution >= 4 is 15.9 Å². The molecule has 0 bridgehead atoms. The summed E-state index contributed by atoms with van der Waals surface area (Å²) in [5.74, 6) is 0.652. The Morgan fingerprint density at radius 1 is 1.25 bits per heavy atom. The van der Waals surface area contributed by atoms with Gasteiger partial charge in [-0.25, -0.2) is 4.39 Å². The normalized spacial score (nSPS) is 21.1. The van der Waals surface area contributed by atoms with Crippen molar-refractivity contribution in [1.82, 2.24) is 0 Å². The molecule has 4 heteroatoms. The molecule has 1 aliphatic heterocycles. The molecule has 2 nitrogen and oxygen atoms in total. The molecule has 0 aromatic heterocycles. The minimum Gasteiger partial charge on any atom is -0.491 e. The first-order valence-corrected chi connectivity index (χ1v) is 7.29. The molecule has 104 valence electrons. The van der Waals surface area contributed by atoms with Gasteiger partial charge in [0.2, 0.25) is 0 Å². The number of ether oxygens (including phenoxy) is 1. The number of hydrogen-bond acceptors (Lipinski definition) is 2. The minimum absolute atomic E-state index is 0.259. The van der Waals surface area contributed by atoms with E-state index in [0.717, 1.165) is 23.3 Å². The van der Waals surface area contributed by atoms with E-state index in [1.54, 1.807) is 12.1 Å². The average Bonchev–Trinajstić information content (AvgIpc) is 2.42. The standard InChI is InChI=1S/C16H15BrFNO/c17-13-7-11(5-6-14(13)18)8-16(19)9-12-3-1-2-4-15(12)20-10-16/h1-7H,8-10,19H2. The van der Waals surface area contributed by atoms with Gasteiger partial charge in [0, 0.05) is 0 Å². The maximum absolute atomic E-state index is 13.3. The first-order chi connectivity index (χ1) is 9.56. The van der Waals surface area contributed by atoms with Crippen LogP contribution in [0.1, 0.15) is 11.1 Å². The van der Waals surface area contributed by atoms with Crippen LogP contribution in [0.3, 0.4) is 0 Å². The number of hydrogen-bond donors (Lipinski definition) is 1. The van der Waals surface area contributed by atoms with Gasteiger partial charge < -0.3 is 10.5 Å². The lowest BCUT2D eigenvalue weighted by Crippen LogP contribution is -2.51. The fourth-order valence-corrected chi connectivity index (χ4v) is 3.04. The Bertz CT molecular complexity index is 646. The van der Waals surface area contributed by atoms with Crippen molar-refractivity contribution in [3.8, 4) is 5.75 Å². The van der Waals surface area contributed by atoms with E-state index in [-0.39, 0.29) is 5.82 Å². The molecule has 0 fully saturated rings. The Hall–Kier alpha value is -1.39. The summed E-state index contributed by atoms with van der Waals surface area (Å²) < 4.78 is 19.5. The molecule has 2 aromatic carbocycles. The minimum atomic E-state index is -0.453. The summed E-state index contributed by atoms with van der Waals surface area (Å²) in [4.78, 5) is 0. The van der Waals surface area contributed by atoms with Crippen LogP contribution in [0.15, 0.2) is 46.9 Å². The summed E-state index contributed by atoms with van der Waals surface area (Å²) in [6.07, 6.45) is 1.42. The van der Waals surface area contributed by atoms with Crippen LogP contribution in [-0.4, -0.2) is 12.1 Å². The third-order valence-electron chi connectivity index (χ3n) is 3.57. The predicted molar refractivity (Wildman–Crippen MR) is 80.4 cm³/mol. The number of benzene rings is 2. The highest BCUT2D eigenvalue weighted by molar-refractivity contribution is 9.10. The van der Waals surface area contributed by atoms with Crippen LogP contribution >= 0.6 is 15.9 Å². The van der Waals surface area contributed by atoms with Crippen molar-refractivity contribution in [3.05, 3.63) is 63.9 Å². The fourth-order valence-electron chi connectivity index (χ4n) is 2.61. The lowest BCUT2D eigenvalue weighted by atomic mass is 9.84. The van der Waals surface area contributed by atoms with Crippen LogP contribution in [0.5, 0.6) is 5.75 Å². The van der Waals surface area contributed by atoms with E-state index in [4.69, 9.17) is 10.5 Å². The highest BCUT2D eigenvalue weighted by Gasteiger charge is 2.32. The molecule has 0 aliphatic carbocycles. The lowest BCUT2D eigenvalue weighted by Gasteiger charge is -2.34. The SMILES string of the molecule is NC1(Cc2ccc(F)c(Br)c2)COc2ccccc2C1. The Morgan fingerprint density at radius 2 is 2.05 bits per heavy atom. The van der Waals surface area contributed by atoms with Gasteiger partial charge in [-0.3, -0.25) is 0 Å². The molecule has 0 radical (unpaired) electrons. The monoisotopic (exact) mass is 335 g/mol. The molecular weight excluding hydrogens is 321 g/mol. The topological polar surface area (TPSA) is 35.2 Å². The first-order valence-electron chi connectivity index (χ1n) is 6.49. The van der Waals surface area contributed by atoms with Gasteiger partial charge in [-0.05, 0) is 58.1 Å².